The summed E-state index contributed by atoms with van der Waals surface area (Å²) >= 11 is 0. The molecule has 9 nitrogen and oxygen atoms in total. The fourth-order valence-electron chi connectivity index (χ4n) is 6.30. The van der Waals surface area contributed by atoms with Gasteiger partial charge in [-0.1, -0.05) is 209 Å². The van der Waals surface area contributed by atoms with Crippen LogP contribution in [0, 0.1) is 0 Å². The van der Waals surface area contributed by atoms with Crippen LogP contribution in [0.3, 0.4) is 0 Å². The van der Waals surface area contributed by atoms with Gasteiger partial charge in [0, 0.05) is 13.0 Å². The van der Waals surface area contributed by atoms with Crippen LogP contribution in [-0.4, -0.2) is 66.5 Å². The van der Waals surface area contributed by atoms with Gasteiger partial charge in [-0.2, -0.15) is 0 Å². The zero-order chi connectivity index (χ0) is 41.5. The molecule has 336 valence electrons. The van der Waals surface area contributed by atoms with Crippen LogP contribution in [0.25, 0.3) is 0 Å². The fraction of sp³-hybridized carbons (Fsp3) is 0.915. The van der Waals surface area contributed by atoms with Crippen molar-refractivity contribution in [1.82, 2.24) is 10.2 Å². The Kier molecular flexibility index (Phi) is 57.4. The van der Waals surface area contributed by atoms with Crippen LogP contribution in [-0.2, 0) is 23.9 Å². The number of esters is 2. The van der Waals surface area contributed by atoms with E-state index >= 15 is 0 Å². The number of nitrogens with one attached hydrogen (secondary N) is 1. The zero-order valence-corrected chi connectivity index (χ0v) is 37.2. The summed E-state index contributed by atoms with van der Waals surface area (Å²) in [5.74, 6) is -1.86. The van der Waals surface area contributed by atoms with E-state index in [-0.39, 0.29) is 39.0 Å². The zero-order valence-electron chi connectivity index (χ0n) is 37.2. The predicted molar refractivity (Wildman–Crippen MR) is 240 cm³/mol. The normalized spacial score (nSPS) is 11.7. The third kappa shape index (κ3) is 56.3. The van der Waals surface area contributed by atoms with E-state index in [4.69, 9.17) is 10.8 Å². The second-order valence-corrected chi connectivity index (χ2v) is 15.2. The average molecular weight is 800 g/mol. The lowest BCUT2D eigenvalue weighted by Gasteiger charge is -2.13. The van der Waals surface area contributed by atoms with Gasteiger partial charge in [0.2, 0.25) is 5.91 Å². The summed E-state index contributed by atoms with van der Waals surface area (Å²) in [4.78, 5) is 44.0. The van der Waals surface area contributed by atoms with Gasteiger partial charge in [0.05, 0.1) is 19.3 Å². The molecule has 1 aliphatic heterocycles. The number of cyclic esters (lactones) is 2. The van der Waals surface area contributed by atoms with Crippen molar-refractivity contribution in [3.8, 4) is 0 Å². The number of hydrogen-bond donors (Lipinski definition) is 3. The van der Waals surface area contributed by atoms with Crippen LogP contribution in [0.2, 0.25) is 0 Å². The lowest BCUT2D eigenvalue weighted by molar-refractivity contribution is -0.152. The number of amides is 1. The van der Waals surface area contributed by atoms with E-state index in [1.54, 1.807) is 0 Å². The second kappa shape index (κ2) is 53.0. The maximum absolute atomic E-state index is 11.3. The van der Waals surface area contributed by atoms with Crippen molar-refractivity contribution in [2.75, 3.05) is 32.7 Å². The van der Waals surface area contributed by atoms with E-state index in [9.17, 15) is 19.2 Å². The molecular formula is C47H97N3O6. The van der Waals surface area contributed by atoms with Gasteiger partial charge in [-0.3, -0.25) is 19.2 Å². The summed E-state index contributed by atoms with van der Waals surface area (Å²) in [6.07, 6.45) is 38.9. The lowest BCUT2D eigenvalue weighted by Crippen LogP contribution is -2.24. The lowest BCUT2D eigenvalue weighted by atomic mass is 10.0. The quantitative estimate of drug-likeness (QED) is 0.0327. The van der Waals surface area contributed by atoms with Crippen LogP contribution < -0.4 is 11.1 Å². The smallest absolute Gasteiger partial charge is 0.314 e. The minimum Gasteiger partial charge on any atom is -0.481 e. The Labute approximate surface area is 348 Å². The number of ether oxygens (including phenoxy) is 1. The van der Waals surface area contributed by atoms with Crippen LogP contribution in [0.15, 0.2) is 0 Å². The van der Waals surface area contributed by atoms with Gasteiger partial charge < -0.3 is 25.8 Å². The largest absolute Gasteiger partial charge is 0.481 e. The molecule has 0 aromatic rings. The van der Waals surface area contributed by atoms with Crippen molar-refractivity contribution in [2.24, 2.45) is 5.73 Å². The van der Waals surface area contributed by atoms with E-state index in [1.165, 1.54) is 187 Å². The SMILES string of the molecule is C.CCCCCCCCCCCCCCCCN.CCCCCCCCCCCCCCCCNC(=O)CCC(=O)O.CCN(CC)CC.O=C1CCC(=O)O1. The van der Waals surface area contributed by atoms with E-state index in [2.05, 4.69) is 49.6 Å². The molecular weight excluding hydrogens is 703 g/mol. The molecule has 0 bridgehead atoms. The first-order valence-electron chi connectivity index (χ1n) is 23.4. The fourth-order valence-corrected chi connectivity index (χ4v) is 6.30. The maximum atomic E-state index is 11.3. The number of carbonyl (C=O) groups is 4. The summed E-state index contributed by atoms with van der Waals surface area (Å²) in [6, 6.07) is 0. The van der Waals surface area contributed by atoms with Crippen molar-refractivity contribution in [3.63, 3.8) is 0 Å². The number of nitrogens with zero attached hydrogens (tertiary/aromatic N) is 1. The molecule has 1 rings (SSSR count). The number of carboxylic acid groups (broad SMARTS) is 1. The summed E-state index contributed by atoms with van der Waals surface area (Å²) in [7, 11) is 0. The molecule has 9 heteroatoms. The highest BCUT2D eigenvalue weighted by Gasteiger charge is 2.19. The Morgan fingerprint density at radius 3 is 1.07 bits per heavy atom. The summed E-state index contributed by atoms with van der Waals surface area (Å²) in [5.41, 5.74) is 5.47. The minimum atomic E-state index is -0.915. The summed E-state index contributed by atoms with van der Waals surface area (Å²) in [6.45, 7) is 16.2. The van der Waals surface area contributed by atoms with Crippen LogP contribution >= 0.6 is 0 Å². The van der Waals surface area contributed by atoms with Crippen LogP contribution in [0.1, 0.15) is 248 Å². The summed E-state index contributed by atoms with van der Waals surface area (Å²) < 4.78 is 4.08. The molecule has 1 saturated heterocycles. The van der Waals surface area contributed by atoms with Gasteiger partial charge in [-0.05, 0) is 39.0 Å². The van der Waals surface area contributed by atoms with Crippen LogP contribution in [0.5, 0.6) is 0 Å². The summed E-state index contributed by atoms with van der Waals surface area (Å²) in [5, 5.41) is 11.3. The van der Waals surface area contributed by atoms with Gasteiger partial charge in [-0.25, -0.2) is 0 Å². The molecule has 1 amide bonds. The van der Waals surface area contributed by atoms with E-state index in [0.29, 0.717) is 6.54 Å². The first-order chi connectivity index (χ1) is 26.7. The van der Waals surface area contributed by atoms with Gasteiger partial charge in [0.15, 0.2) is 0 Å². The van der Waals surface area contributed by atoms with E-state index < -0.39 is 17.9 Å². The number of aliphatic carboxylic acids is 1. The molecule has 0 unspecified atom stereocenters. The highest BCUT2D eigenvalue weighted by molar-refractivity contribution is 5.92. The molecule has 0 aromatic heterocycles. The van der Waals surface area contributed by atoms with E-state index in [1.807, 2.05) is 0 Å². The second-order valence-electron chi connectivity index (χ2n) is 15.2. The van der Waals surface area contributed by atoms with Crippen LogP contribution in [0.4, 0.5) is 0 Å². The van der Waals surface area contributed by atoms with Crippen molar-refractivity contribution in [2.45, 2.75) is 248 Å². The molecule has 0 radical (unpaired) electrons. The number of nitrogens with two attached hydrogens (primary N) is 1. The Morgan fingerprint density at radius 1 is 0.536 bits per heavy atom. The molecule has 1 heterocycles. The highest BCUT2D eigenvalue weighted by atomic mass is 16.6. The van der Waals surface area contributed by atoms with Gasteiger partial charge in [0.1, 0.15) is 0 Å². The Hall–Kier alpha value is -2.00. The number of hydrogen-bond acceptors (Lipinski definition) is 7. The third-order valence-electron chi connectivity index (χ3n) is 10.1. The number of rotatable bonds is 35. The standard InChI is InChI=1S/C20H39NO3.C16H35N.C6H15N.C4H4O3.CH4/c1-2-3-4-5-6-7-8-9-10-11-12-13-14-15-18-21-19(22)16-17-20(23)24;1-2-3-4-5-6-7-8-9-10-11-12-13-14-15-16-17;1-4-7(5-2)6-3;5-3-1-2-4(6)7-3;/h2-18H2,1H3,(H,21,22)(H,23,24);2-17H2,1H3;4-6H2,1-3H3;1-2H2;1H4. The molecule has 1 fully saturated rings. The molecule has 0 atom stereocenters. The molecule has 4 N–H and O–H groups in total. The van der Waals surface area contributed by atoms with E-state index in [0.717, 1.165) is 19.4 Å². The molecule has 0 aromatic carbocycles. The molecule has 0 aliphatic carbocycles. The minimum absolute atomic E-state index is 0. The van der Waals surface area contributed by atoms with Crippen molar-refractivity contribution < 1.29 is 29.0 Å². The first kappa shape index (κ1) is 60.7. The third-order valence-corrected chi connectivity index (χ3v) is 10.1. The van der Waals surface area contributed by atoms with Crippen molar-refractivity contribution in [1.29, 1.82) is 0 Å². The highest BCUT2D eigenvalue weighted by Crippen LogP contribution is 2.14. The van der Waals surface area contributed by atoms with Crippen molar-refractivity contribution >= 4 is 23.8 Å². The molecule has 1 aliphatic rings. The predicted octanol–water partition coefficient (Wildman–Crippen LogP) is 12.7. The topological polar surface area (TPSA) is 139 Å². The Balaban J connectivity index is -0.000000363. The average Bonchev–Trinajstić information content (AvgIpc) is 3.57. The molecule has 0 saturated carbocycles. The Bertz CT molecular complexity index is 788. The van der Waals surface area contributed by atoms with Gasteiger partial charge >= 0.3 is 17.9 Å². The van der Waals surface area contributed by atoms with Gasteiger partial charge in [0.25, 0.3) is 0 Å². The monoisotopic (exact) mass is 800 g/mol. The maximum Gasteiger partial charge on any atom is 0.314 e. The van der Waals surface area contributed by atoms with Crippen molar-refractivity contribution in [3.05, 3.63) is 0 Å². The van der Waals surface area contributed by atoms with Gasteiger partial charge in [-0.15, -0.1) is 0 Å². The first-order valence-corrected chi connectivity index (χ1v) is 23.4. The Morgan fingerprint density at radius 2 is 0.839 bits per heavy atom. The molecule has 56 heavy (non-hydrogen) atoms. The number of unbranched alkanes of at least 4 members (excludes halogenated alkanes) is 26. The number of carboxylic acids is 1. The number of carbonyl (C=O) groups excluding carboxylic acids is 3. The molecule has 0 spiro atoms.